The number of thioether (sulfide) groups is 1. The number of imidazole rings is 1. The van der Waals surface area contributed by atoms with E-state index in [1.807, 2.05) is 0 Å². The second-order valence-corrected chi connectivity index (χ2v) is 6.38. The Kier molecular flexibility index (Phi) is 3.80. The number of aryl methyl sites for hydroxylation is 2. The van der Waals surface area contributed by atoms with Gasteiger partial charge in [-0.15, -0.1) is 0 Å². The van der Waals surface area contributed by atoms with Crippen molar-refractivity contribution in [1.29, 1.82) is 0 Å². The summed E-state index contributed by atoms with van der Waals surface area (Å²) in [5.41, 5.74) is 7.05. The second-order valence-electron chi connectivity index (χ2n) is 5.38. The number of nitrogens with zero attached hydrogens (tertiary/aromatic N) is 3. The molecule has 1 aliphatic rings. The number of benzene rings is 1. The Morgan fingerprint density at radius 3 is 2.50 bits per heavy atom. The summed E-state index contributed by atoms with van der Waals surface area (Å²) in [6.45, 7) is -0.436. The molecule has 24 heavy (non-hydrogen) atoms. The first kappa shape index (κ1) is 16.1. The van der Waals surface area contributed by atoms with Crippen molar-refractivity contribution in [2.75, 3.05) is 6.54 Å². The summed E-state index contributed by atoms with van der Waals surface area (Å²) in [6, 6.07) is 5.29. The molecular weight excluding hydrogens is 332 g/mol. The number of rotatable bonds is 3. The van der Waals surface area contributed by atoms with Crippen LogP contribution in [-0.2, 0) is 23.7 Å². The van der Waals surface area contributed by atoms with Gasteiger partial charge in [0.1, 0.15) is 6.54 Å². The van der Waals surface area contributed by atoms with E-state index in [1.165, 1.54) is 9.13 Å². The molecule has 3 rings (SSSR count). The van der Waals surface area contributed by atoms with Gasteiger partial charge in [0.25, 0.3) is 11.1 Å². The number of aromatic nitrogens is 2. The summed E-state index contributed by atoms with van der Waals surface area (Å²) in [5.74, 6) is -1.30. The summed E-state index contributed by atoms with van der Waals surface area (Å²) in [6.07, 6.45) is 1.56. The molecule has 9 heteroatoms. The van der Waals surface area contributed by atoms with Crippen LogP contribution >= 0.6 is 11.8 Å². The van der Waals surface area contributed by atoms with Crippen molar-refractivity contribution in [3.63, 3.8) is 0 Å². The van der Waals surface area contributed by atoms with E-state index in [9.17, 15) is 19.2 Å². The Labute approximate surface area is 140 Å². The fourth-order valence-electron chi connectivity index (χ4n) is 2.56. The first-order valence-electron chi connectivity index (χ1n) is 6.98. The minimum atomic E-state index is -0.751. The van der Waals surface area contributed by atoms with Gasteiger partial charge >= 0.3 is 5.69 Å². The van der Waals surface area contributed by atoms with E-state index < -0.39 is 23.6 Å². The molecule has 1 aromatic heterocycles. The molecule has 1 aromatic carbocycles. The number of primary amides is 1. The van der Waals surface area contributed by atoms with Crippen LogP contribution in [0.1, 0.15) is 5.56 Å². The molecule has 2 heterocycles. The smallest absolute Gasteiger partial charge is 0.328 e. The van der Waals surface area contributed by atoms with Crippen LogP contribution in [0, 0.1) is 0 Å². The van der Waals surface area contributed by atoms with Crippen molar-refractivity contribution >= 4 is 45.9 Å². The van der Waals surface area contributed by atoms with E-state index in [0.717, 1.165) is 22.2 Å². The quantitative estimate of drug-likeness (QED) is 0.810. The highest BCUT2D eigenvalue weighted by Crippen LogP contribution is 2.32. The van der Waals surface area contributed by atoms with Crippen LogP contribution in [0.2, 0.25) is 0 Å². The third-order valence-electron chi connectivity index (χ3n) is 3.78. The molecule has 0 radical (unpaired) electrons. The van der Waals surface area contributed by atoms with Gasteiger partial charge in [0.05, 0.1) is 15.9 Å². The zero-order valence-electron chi connectivity index (χ0n) is 13.0. The molecule has 1 aliphatic heterocycles. The van der Waals surface area contributed by atoms with Gasteiger partial charge < -0.3 is 5.73 Å². The third-order valence-corrected chi connectivity index (χ3v) is 4.69. The largest absolute Gasteiger partial charge is 0.368 e. The van der Waals surface area contributed by atoms with Gasteiger partial charge in [-0.2, -0.15) is 0 Å². The molecule has 2 N–H and O–H groups in total. The highest BCUT2D eigenvalue weighted by atomic mass is 32.2. The molecular formula is C15H14N4O4S. The molecule has 8 nitrogen and oxygen atoms in total. The molecule has 2 aromatic rings. The molecule has 0 aliphatic carbocycles. The lowest BCUT2D eigenvalue weighted by molar-refractivity contribution is -0.127. The highest BCUT2D eigenvalue weighted by Gasteiger charge is 2.35. The third kappa shape index (κ3) is 2.52. The Morgan fingerprint density at radius 2 is 1.83 bits per heavy atom. The van der Waals surface area contributed by atoms with Crippen LogP contribution in [0.25, 0.3) is 17.1 Å². The van der Waals surface area contributed by atoms with E-state index in [1.54, 1.807) is 38.4 Å². The van der Waals surface area contributed by atoms with Gasteiger partial charge in [0.2, 0.25) is 5.91 Å². The number of imide groups is 1. The number of fused-ring (bicyclic) bond motifs is 1. The molecule has 1 saturated heterocycles. The monoisotopic (exact) mass is 346 g/mol. The minimum absolute atomic E-state index is 0.149. The van der Waals surface area contributed by atoms with Crippen LogP contribution in [0.5, 0.6) is 0 Å². The van der Waals surface area contributed by atoms with Gasteiger partial charge in [-0.3, -0.25) is 28.4 Å². The zero-order valence-corrected chi connectivity index (χ0v) is 13.8. The maximum absolute atomic E-state index is 12.2. The molecule has 1 fully saturated rings. The van der Waals surface area contributed by atoms with Gasteiger partial charge in [-0.05, 0) is 35.5 Å². The molecule has 0 spiro atoms. The van der Waals surface area contributed by atoms with E-state index in [2.05, 4.69) is 0 Å². The van der Waals surface area contributed by atoms with Crippen LogP contribution in [-0.4, -0.2) is 37.6 Å². The van der Waals surface area contributed by atoms with Crippen molar-refractivity contribution in [2.45, 2.75) is 0 Å². The van der Waals surface area contributed by atoms with Crippen molar-refractivity contribution in [1.82, 2.24) is 14.0 Å². The van der Waals surface area contributed by atoms with E-state index in [0.29, 0.717) is 11.1 Å². The first-order chi connectivity index (χ1) is 11.3. The minimum Gasteiger partial charge on any atom is -0.368 e. The topological polar surface area (TPSA) is 107 Å². The fraction of sp³-hybridized carbons (Fsp3) is 0.200. The number of hydrogen-bond acceptors (Lipinski definition) is 5. The maximum Gasteiger partial charge on any atom is 0.328 e. The lowest BCUT2D eigenvalue weighted by Gasteiger charge is -2.08. The van der Waals surface area contributed by atoms with Crippen LogP contribution in [0.15, 0.2) is 27.9 Å². The van der Waals surface area contributed by atoms with Gasteiger partial charge in [-0.25, -0.2) is 4.79 Å². The Morgan fingerprint density at radius 1 is 1.17 bits per heavy atom. The number of nitrogens with two attached hydrogens (primary N) is 1. The summed E-state index contributed by atoms with van der Waals surface area (Å²) >= 11 is 0.754. The summed E-state index contributed by atoms with van der Waals surface area (Å²) in [4.78, 5) is 47.9. The predicted molar refractivity (Wildman–Crippen MR) is 90.0 cm³/mol. The summed E-state index contributed by atoms with van der Waals surface area (Å²) in [5, 5.41) is -0.529. The van der Waals surface area contributed by atoms with Crippen molar-refractivity contribution < 1.29 is 14.4 Å². The number of carbonyl (C=O) groups excluding carboxylic acids is 3. The average molecular weight is 346 g/mol. The molecule has 124 valence electrons. The van der Waals surface area contributed by atoms with Crippen molar-refractivity contribution in [2.24, 2.45) is 19.8 Å². The van der Waals surface area contributed by atoms with Crippen LogP contribution < -0.4 is 11.4 Å². The molecule has 3 amide bonds. The van der Waals surface area contributed by atoms with E-state index in [4.69, 9.17) is 5.73 Å². The normalized spacial score (nSPS) is 16.6. The Hall–Kier alpha value is -2.81. The van der Waals surface area contributed by atoms with E-state index in [-0.39, 0.29) is 10.6 Å². The number of carbonyl (C=O) groups is 3. The second kappa shape index (κ2) is 5.68. The lowest BCUT2D eigenvalue weighted by Crippen LogP contribution is -2.36. The Balaban J connectivity index is 2.00. The van der Waals surface area contributed by atoms with Crippen LogP contribution in [0.4, 0.5) is 4.79 Å². The van der Waals surface area contributed by atoms with E-state index >= 15 is 0 Å². The molecule has 0 saturated carbocycles. The zero-order chi connectivity index (χ0) is 17.6. The lowest BCUT2D eigenvalue weighted by atomic mass is 10.2. The molecule has 0 unspecified atom stereocenters. The number of hydrogen-bond donors (Lipinski definition) is 1. The van der Waals surface area contributed by atoms with Crippen LogP contribution in [0.3, 0.4) is 0 Å². The van der Waals surface area contributed by atoms with Crippen molar-refractivity contribution in [3.05, 3.63) is 39.2 Å². The SMILES string of the molecule is Cn1c(=O)n(C)c2cc(/C=C3\SC(=O)N(CC(N)=O)C3=O)ccc21. The predicted octanol–water partition coefficient (Wildman–Crippen LogP) is 0.399. The summed E-state index contributed by atoms with van der Waals surface area (Å²) in [7, 11) is 3.34. The van der Waals surface area contributed by atoms with Gasteiger partial charge in [0, 0.05) is 14.1 Å². The van der Waals surface area contributed by atoms with Gasteiger partial charge in [0.15, 0.2) is 0 Å². The van der Waals surface area contributed by atoms with Gasteiger partial charge in [-0.1, -0.05) is 6.07 Å². The standard InChI is InChI=1S/C15H14N4O4S/c1-17-9-4-3-8(5-10(9)18(2)14(17)22)6-11-13(21)19(7-12(16)20)15(23)24-11/h3-6H,7H2,1-2H3,(H2,16,20)/b11-6-. The number of amides is 3. The first-order valence-corrected chi connectivity index (χ1v) is 7.80. The highest BCUT2D eigenvalue weighted by molar-refractivity contribution is 8.18. The summed E-state index contributed by atoms with van der Waals surface area (Å²) < 4.78 is 3.03. The Bertz CT molecular complexity index is 985. The van der Waals surface area contributed by atoms with Crippen molar-refractivity contribution in [3.8, 4) is 0 Å². The molecule has 0 bridgehead atoms. The molecule has 0 atom stereocenters. The maximum atomic E-state index is 12.2. The average Bonchev–Trinajstić information content (AvgIpc) is 2.90. The fourth-order valence-corrected chi connectivity index (χ4v) is 3.40.